The van der Waals surface area contributed by atoms with Gasteiger partial charge in [0.1, 0.15) is 0 Å². The molecule has 0 bridgehead atoms. The lowest BCUT2D eigenvalue weighted by molar-refractivity contribution is -0.139. The highest BCUT2D eigenvalue weighted by molar-refractivity contribution is 5.69. The zero-order valence-electron chi connectivity index (χ0n) is 14.4. The number of carbonyl (C=O) groups is 1. The van der Waals surface area contributed by atoms with E-state index < -0.39 is 5.97 Å². The summed E-state index contributed by atoms with van der Waals surface area (Å²) in [6.45, 7) is 6.38. The van der Waals surface area contributed by atoms with Crippen LogP contribution in [0.3, 0.4) is 0 Å². The van der Waals surface area contributed by atoms with Gasteiger partial charge in [0.15, 0.2) is 0 Å². The summed E-state index contributed by atoms with van der Waals surface area (Å²) in [5, 5.41) is 12.9. The predicted octanol–water partition coefficient (Wildman–Crippen LogP) is 2.11. The monoisotopic (exact) mass is 324 g/mol. The Labute approximate surface area is 139 Å². The minimum Gasteiger partial charge on any atom is -0.480 e. The second-order valence-corrected chi connectivity index (χ2v) is 7.94. The maximum absolute atomic E-state index is 11.1. The van der Waals surface area contributed by atoms with Crippen LogP contribution < -0.4 is 5.32 Å². The number of hydrogen-bond donors (Lipinski definition) is 2. The van der Waals surface area contributed by atoms with E-state index in [1.807, 2.05) is 0 Å². The van der Waals surface area contributed by atoms with Crippen molar-refractivity contribution < 1.29 is 14.6 Å². The van der Waals surface area contributed by atoms with Gasteiger partial charge in [-0.15, -0.1) is 0 Å². The van der Waals surface area contributed by atoms with Gasteiger partial charge < -0.3 is 15.2 Å². The highest BCUT2D eigenvalue weighted by atomic mass is 16.5. The third-order valence-electron chi connectivity index (χ3n) is 6.23. The molecule has 0 atom stereocenters. The average molecular weight is 324 g/mol. The predicted molar refractivity (Wildman–Crippen MR) is 89.5 cm³/mol. The number of nitrogens with zero attached hydrogens (tertiary/aromatic N) is 1. The molecule has 1 aliphatic heterocycles. The van der Waals surface area contributed by atoms with Crippen LogP contribution in [-0.2, 0) is 9.53 Å². The lowest BCUT2D eigenvalue weighted by Gasteiger charge is -2.45. The van der Waals surface area contributed by atoms with E-state index in [0.717, 1.165) is 45.1 Å². The standard InChI is InChI=1S/C18H32N2O3/c1-2-18(5-7-23-8-6-18)13-19-15-9-16(10-15)20(12-17(21)22)11-14-3-4-14/h14-16,19H,2-13H2,1H3,(H,21,22). The van der Waals surface area contributed by atoms with Crippen LogP contribution in [0.4, 0.5) is 0 Å². The Balaban J connectivity index is 1.41. The van der Waals surface area contributed by atoms with E-state index in [9.17, 15) is 4.79 Å². The SMILES string of the molecule is CCC1(CNC2CC(N(CC(=O)O)CC3CC3)C2)CCOCC1. The minimum absolute atomic E-state index is 0.212. The number of carboxylic acid groups (broad SMARTS) is 1. The van der Waals surface area contributed by atoms with E-state index in [4.69, 9.17) is 9.84 Å². The Morgan fingerprint density at radius 3 is 2.57 bits per heavy atom. The number of aliphatic carboxylic acids is 1. The molecule has 3 rings (SSSR count). The van der Waals surface area contributed by atoms with Gasteiger partial charge in [0.05, 0.1) is 6.54 Å². The van der Waals surface area contributed by atoms with Crippen molar-refractivity contribution in [1.29, 1.82) is 0 Å². The van der Waals surface area contributed by atoms with Crippen LogP contribution in [-0.4, -0.2) is 60.9 Å². The molecular weight excluding hydrogens is 292 g/mol. The molecule has 1 saturated heterocycles. The molecular formula is C18H32N2O3. The third kappa shape index (κ3) is 4.68. The first-order valence-electron chi connectivity index (χ1n) is 9.37. The molecule has 3 fully saturated rings. The normalized spacial score (nSPS) is 30.2. The molecule has 2 aliphatic carbocycles. The molecule has 132 valence electrons. The molecule has 3 aliphatic rings. The van der Waals surface area contributed by atoms with Crippen LogP contribution in [0, 0.1) is 11.3 Å². The van der Waals surface area contributed by atoms with Crippen LogP contribution in [0.1, 0.15) is 51.9 Å². The van der Waals surface area contributed by atoms with E-state index in [0.29, 0.717) is 17.5 Å². The molecule has 5 nitrogen and oxygen atoms in total. The fraction of sp³-hybridized carbons (Fsp3) is 0.944. The Bertz CT molecular complexity index is 399. The van der Waals surface area contributed by atoms with Gasteiger partial charge in [0, 0.05) is 38.4 Å². The molecule has 0 aromatic carbocycles. The van der Waals surface area contributed by atoms with Crippen LogP contribution in [0.2, 0.25) is 0 Å². The second kappa shape index (κ2) is 7.49. The fourth-order valence-corrected chi connectivity index (χ4v) is 4.02. The van der Waals surface area contributed by atoms with Crippen molar-refractivity contribution >= 4 is 5.97 Å². The summed E-state index contributed by atoms with van der Waals surface area (Å²) in [7, 11) is 0. The van der Waals surface area contributed by atoms with Crippen LogP contribution in [0.5, 0.6) is 0 Å². The summed E-state index contributed by atoms with van der Waals surface area (Å²) in [4.78, 5) is 13.3. The Hall–Kier alpha value is -0.650. The number of rotatable bonds is 9. The fourth-order valence-electron chi connectivity index (χ4n) is 4.02. The summed E-state index contributed by atoms with van der Waals surface area (Å²) in [5.41, 5.74) is 0.415. The second-order valence-electron chi connectivity index (χ2n) is 7.94. The highest BCUT2D eigenvalue weighted by Gasteiger charge is 2.38. The van der Waals surface area contributed by atoms with E-state index in [2.05, 4.69) is 17.1 Å². The first kappa shape index (κ1) is 17.2. The van der Waals surface area contributed by atoms with Crippen molar-refractivity contribution in [1.82, 2.24) is 10.2 Å². The minimum atomic E-state index is -0.686. The van der Waals surface area contributed by atoms with Gasteiger partial charge in [-0.1, -0.05) is 6.92 Å². The summed E-state index contributed by atoms with van der Waals surface area (Å²) < 4.78 is 5.51. The number of ether oxygens (including phenoxy) is 1. The quantitative estimate of drug-likeness (QED) is 0.680. The Kier molecular flexibility index (Phi) is 5.60. The first-order chi connectivity index (χ1) is 11.1. The van der Waals surface area contributed by atoms with E-state index in [1.54, 1.807) is 0 Å². The zero-order valence-corrected chi connectivity index (χ0v) is 14.4. The lowest BCUT2D eigenvalue weighted by Crippen LogP contribution is -2.56. The molecule has 2 saturated carbocycles. The molecule has 23 heavy (non-hydrogen) atoms. The van der Waals surface area contributed by atoms with Gasteiger partial charge in [-0.05, 0) is 56.3 Å². The molecule has 0 aromatic rings. The first-order valence-corrected chi connectivity index (χ1v) is 9.37. The number of carboxylic acids is 1. The van der Waals surface area contributed by atoms with Crippen molar-refractivity contribution in [3.63, 3.8) is 0 Å². The Morgan fingerprint density at radius 2 is 2.00 bits per heavy atom. The maximum Gasteiger partial charge on any atom is 0.317 e. The smallest absolute Gasteiger partial charge is 0.317 e. The van der Waals surface area contributed by atoms with Gasteiger partial charge >= 0.3 is 5.97 Å². The van der Waals surface area contributed by atoms with Gasteiger partial charge in [0.2, 0.25) is 0 Å². The van der Waals surface area contributed by atoms with E-state index >= 15 is 0 Å². The summed E-state index contributed by atoms with van der Waals surface area (Å²) in [6, 6.07) is 1.04. The van der Waals surface area contributed by atoms with Crippen LogP contribution in [0.25, 0.3) is 0 Å². The lowest BCUT2D eigenvalue weighted by atomic mass is 9.76. The number of hydrogen-bond acceptors (Lipinski definition) is 4. The summed E-state index contributed by atoms with van der Waals surface area (Å²) >= 11 is 0. The molecule has 0 radical (unpaired) electrons. The highest BCUT2D eigenvalue weighted by Crippen LogP contribution is 2.36. The van der Waals surface area contributed by atoms with Crippen molar-refractivity contribution in [3.8, 4) is 0 Å². The summed E-state index contributed by atoms with van der Waals surface area (Å²) in [6.07, 6.45) is 8.33. The van der Waals surface area contributed by atoms with Crippen molar-refractivity contribution in [3.05, 3.63) is 0 Å². The molecule has 0 unspecified atom stereocenters. The van der Waals surface area contributed by atoms with Crippen molar-refractivity contribution in [2.75, 3.05) is 32.8 Å². The molecule has 1 heterocycles. The molecule has 5 heteroatoms. The van der Waals surface area contributed by atoms with Crippen LogP contribution in [0.15, 0.2) is 0 Å². The topological polar surface area (TPSA) is 61.8 Å². The molecule has 0 aromatic heterocycles. The molecule has 0 spiro atoms. The molecule has 0 amide bonds. The van der Waals surface area contributed by atoms with Gasteiger partial charge in [-0.2, -0.15) is 0 Å². The van der Waals surface area contributed by atoms with Crippen molar-refractivity contribution in [2.45, 2.75) is 64.0 Å². The number of nitrogens with one attached hydrogen (secondary N) is 1. The Morgan fingerprint density at radius 1 is 1.30 bits per heavy atom. The average Bonchev–Trinajstić information content (AvgIpc) is 3.30. The van der Waals surface area contributed by atoms with E-state index in [-0.39, 0.29) is 6.54 Å². The maximum atomic E-state index is 11.1. The van der Waals surface area contributed by atoms with Gasteiger partial charge in [-0.25, -0.2) is 0 Å². The molecule has 2 N–H and O–H groups in total. The zero-order chi connectivity index (χ0) is 16.3. The van der Waals surface area contributed by atoms with Gasteiger partial charge in [0.25, 0.3) is 0 Å². The third-order valence-corrected chi connectivity index (χ3v) is 6.23. The summed E-state index contributed by atoms with van der Waals surface area (Å²) in [5.74, 6) is 0.0705. The largest absolute Gasteiger partial charge is 0.480 e. The van der Waals surface area contributed by atoms with Crippen LogP contribution >= 0.6 is 0 Å². The van der Waals surface area contributed by atoms with Crippen molar-refractivity contribution in [2.24, 2.45) is 11.3 Å². The van der Waals surface area contributed by atoms with Gasteiger partial charge in [-0.3, -0.25) is 9.69 Å². The van der Waals surface area contributed by atoms with E-state index in [1.165, 1.54) is 32.1 Å².